The molecule has 0 fully saturated rings. The van der Waals surface area contributed by atoms with E-state index < -0.39 is 53.0 Å². The number of carbonyl (C=O) groups excluding carboxylic acids is 1. The fourth-order valence-corrected chi connectivity index (χ4v) is 1.33. The summed E-state index contributed by atoms with van der Waals surface area (Å²) in [5.74, 6) is -7.76. The van der Waals surface area contributed by atoms with Crippen LogP contribution in [0.25, 0.3) is 0 Å². The van der Waals surface area contributed by atoms with E-state index in [-0.39, 0.29) is 0 Å². The third-order valence-electron chi connectivity index (χ3n) is 2.32. The number of ether oxygens (including phenoxy) is 1. The first-order valence-corrected chi connectivity index (χ1v) is 4.74. The summed E-state index contributed by atoms with van der Waals surface area (Å²) in [6.07, 6.45) is -0.752. The number of carbonyl (C=O) groups is 1. The fraction of sp³-hybridized carbons (Fsp3) is 0.300. The van der Waals surface area contributed by atoms with E-state index in [4.69, 9.17) is 11.5 Å². The SMILES string of the molecule is COC(=O)[C@@H](N)Cc1c(F)c(F)c(N)c(F)c1F. The molecule has 4 N–H and O–H groups in total. The zero-order chi connectivity index (χ0) is 14.0. The van der Waals surface area contributed by atoms with Crippen molar-refractivity contribution in [3.05, 3.63) is 28.8 Å². The molecular formula is C10H10F4N2O2. The largest absolute Gasteiger partial charge is 0.468 e. The summed E-state index contributed by atoms with van der Waals surface area (Å²) in [4.78, 5) is 11.0. The first kappa shape index (κ1) is 14.2. The van der Waals surface area contributed by atoms with Gasteiger partial charge in [0.15, 0.2) is 23.3 Å². The summed E-state index contributed by atoms with van der Waals surface area (Å²) in [5, 5.41) is 0. The minimum Gasteiger partial charge on any atom is -0.468 e. The molecule has 0 heterocycles. The molecule has 1 aromatic rings. The van der Waals surface area contributed by atoms with Crippen LogP contribution in [-0.2, 0) is 16.0 Å². The molecule has 0 aliphatic heterocycles. The third-order valence-corrected chi connectivity index (χ3v) is 2.32. The van der Waals surface area contributed by atoms with Gasteiger partial charge in [0.1, 0.15) is 11.7 Å². The molecule has 0 unspecified atom stereocenters. The molecule has 0 radical (unpaired) electrons. The maximum atomic E-state index is 13.4. The molecule has 4 nitrogen and oxygen atoms in total. The highest BCUT2D eigenvalue weighted by molar-refractivity contribution is 5.75. The van der Waals surface area contributed by atoms with E-state index in [1.807, 2.05) is 0 Å². The minimum atomic E-state index is -1.72. The van der Waals surface area contributed by atoms with E-state index in [0.29, 0.717) is 0 Å². The molecule has 0 aliphatic rings. The van der Waals surface area contributed by atoms with Gasteiger partial charge in [0, 0.05) is 12.0 Å². The Morgan fingerprint density at radius 2 is 1.61 bits per heavy atom. The van der Waals surface area contributed by atoms with Gasteiger partial charge in [-0.25, -0.2) is 17.6 Å². The number of nitrogen functional groups attached to an aromatic ring is 1. The van der Waals surface area contributed by atoms with Crippen LogP contribution in [0.5, 0.6) is 0 Å². The monoisotopic (exact) mass is 266 g/mol. The van der Waals surface area contributed by atoms with Crippen molar-refractivity contribution in [1.82, 2.24) is 0 Å². The van der Waals surface area contributed by atoms with E-state index >= 15 is 0 Å². The van der Waals surface area contributed by atoms with Crippen molar-refractivity contribution in [1.29, 1.82) is 0 Å². The van der Waals surface area contributed by atoms with Crippen LogP contribution >= 0.6 is 0 Å². The number of halogens is 4. The molecule has 100 valence electrons. The van der Waals surface area contributed by atoms with Crippen LogP contribution in [0.2, 0.25) is 0 Å². The second-order valence-corrected chi connectivity index (χ2v) is 3.48. The minimum absolute atomic E-state index is 0.752. The van der Waals surface area contributed by atoms with Crippen molar-refractivity contribution >= 4 is 11.7 Å². The Kier molecular flexibility index (Phi) is 4.12. The van der Waals surface area contributed by atoms with Gasteiger partial charge in [-0.15, -0.1) is 0 Å². The van der Waals surface area contributed by atoms with Crippen molar-refractivity contribution in [2.24, 2.45) is 5.73 Å². The lowest BCUT2D eigenvalue weighted by atomic mass is 10.0. The Labute approximate surface area is 99.5 Å². The zero-order valence-corrected chi connectivity index (χ0v) is 9.27. The standard InChI is InChI=1S/C10H10F4N2O2/c1-18-10(17)4(15)2-3-5(11)7(13)9(16)8(14)6(3)12/h4H,2,15-16H2,1H3/t4-/m0/s1. The number of benzene rings is 1. The van der Waals surface area contributed by atoms with Crippen molar-refractivity contribution in [2.75, 3.05) is 12.8 Å². The summed E-state index contributed by atoms with van der Waals surface area (Å²) in [6, 6.07) is -1.44. The first-order chi connectivity index (χ1) is 8.31. The molecule has 0 bridgehead atoms. The fourth-order valence-electron chi connectivity index (χ4n) is 1.33. The molecule has 0 saturated heterocycles. The molecule has 0 amide bonds. The summed E-state index contributed by atoms with van der Waals surface area (Å²) < 4.78 is 57.2. The zero-order valence-electron chi connectivity index (χ0n) is 9.27. The summed E-state index contributed by atoms with van der Waals surface area (Å²) in [6.45, 7) is 0. The van der Waals surface area contributed by atoms with Gasteiger partial charge in [0.25, 0.3) is 0 Å². The molecular weight excluding hydrogens is 256 g/mol. The first-order valence-electron chi connectivity index (χ1n) is 4.74. The Balaban J connectivity index is 3.22. The average Bonchev–Trinajstić information content (AvgIpc) is 2.37. The Morgan fingerprint density at radius 3 is 2.00 bits per heavy atom. The van der Waals surface area contributed by atoms with E-state index in [2.05, 4.69) is 4.74 Å². The highest BCUT2D eigenvalue weighted by Gasteiger charge is 2.26. The van der Waals surface area contributed by atoms with Crippen molar-refractivity contribution in [3.8, 4) is 0 Å². The van der Waals surface area contributed by atoms with Crippen LogP contribution in [0.4, 0.5) is 23.2 Å². The number of hydrogen-bond acceptors (Lipinski definition) is 4. The van der Waals surface area contributed by atoms with Gasteiger partial charge in [-0.3, -0.25) is 4.79 Å². The lowest BCUT2D eigenvalue weighted by molar-refractivity contribution is -0.142. The van der Waals surface area contributed by atoms with Crippen LogP contribution in [0.15, 0.2) is 0 Å². The van der Waals surface area contributed by atoms with E-state index in [1.54, 1.807) is 0 Å². The highest BCUT2D eigenvalue weighted by Crippen LogP contribution is 2.26. The van der Waals surface area contributed by atoms with Gasteiger partial charge in [0.05, 0.1) is 7.11 Å². The maximum Gasteiger partial charge on any atom is 0.322 e. The molecule has 1 rings (SSSR count). The molecule has 1 atom stereocenters. The van der Waals surface area contributed by atoms with E-state index in [0.717, 1.165) is 7.11 Å². The maximum absolute atomic E-state index is 13.4. The Morgan fingerprint density at radius 1 is 1.17 bits per heavy atom. The van der Waals surface area contributed by atoms with Crippen molar-refractivity contribution in [2.45, 2.75) is 12.5 Å². The van der Waals surface area contributed by atoms with Gasteiger partial charge in [-0.1, -0.05) is 0 Å². The molecule has 0 aliphatic carbocycles. The number of hydrogen-bond donors (Lipinski definition) is 2. The predicted molar refractivity (Wildman–Crippen MR) is 54.4 cm³/mol. The number of rotatable bonds is 3. The van der Waals surface area contributed by atoms with Crippen LogP contribution in [-0.4, -0.2) is 19.1 Å². The molecule has 0 saturated carbocycles. The van der Waals surface area contributed by atoms with Crippen molar-refractivity contribution in [3.63, 3.8) is 0 Å². The average molecular weight is 266 g/mol. The summed E-state index contributed by atoms with van der Waals surface area (Å²) in [5.41, 5.74) is 7.82. The van der Waals surface area contributed by atoms with E-state index in [9.17, 15) is 22.4 Å². The molecule has 0 spiro atoms. The number of methoxy groups -OCH3 is 1. The van der Waals surface area contributed by atoms with Gasteiger partial charge in [0.2, 0.25) is 0 Å². The summed E-state index contributed by atoms with van der Waals surface area (Å²) in [7, 11) is 1.01. The molecule has 18 heavy (non-hydrogen) atoms. The van der Waals surface area contributed by atoms with Gasteiger partial charge < -0.3 is 16.2 Å². The topological polar surface area (TPSA) is 78.3 Å². The van der Waals surface area contributed by atoms with Crippen LogP contribution in [0.3, 0.4) is 0 Å². The summed E-state index contributed by atoms with van der Waals surface area (Å²) >= 11 is 0. The van der Waals surface area contributed by atoms with Gasteiger partial charge in [-0.05, 0) is 0 Å². The number of esters is 1. The van der Waals surface area contributed by atoms with Crippen molar-refractivity contribution < 1.29 is 27.1 Å². The smallest absolute Gasteiger partial charge is 0.322 e. The highest BCUT2D eigenvalue weighted by atomic mass is 19.2. The molecule has 8 heteroatoms. The number of anilines is 1. The second-order valence-electron chi connectivity index (χ2n) is 3.48. The van der Waals surface area contributed by atoms with Gasteiger partial charge in [-0.2, -0.15) is 0 Å². The van der Waals surface area contributed by atoms with E-state index in [1.165, 1.54) is 0 Å². The lowest BCUT2D eigenvalue weighted by Gasteiger charge is -2.12. The molecule has 1 aromatic carbocycles. The lowest BCUT2D eigenvalue weighted by Crippen LogP contribution is -2.34. The normalized spacial score (nSPS) is 12.3. The predicted octanol–water partition coefficient (Wildman–Crippen LogP) is 0.868. The number of nitrogens with two attached hydrogens (primary N) is 2. The van der Waals surface area contributed by atoms with Crippen LogP contribution < -0.4 is 11.5 Å². The Bertz CT molecular complexity index is 464. The van der Waals surface area contributed by atoms with Crippen LogP contribution in [0.1, 0.15) is 5.56 Å². The Hall–Kier alpha value is -1.83. The van der Waals surface area contributed by atoms with Gasteiger partial charge >= 0.3 is 5.97 Å². The second kappa shape index (κ2) is 5.21. The molecule has 0 aromatic heterocycles. The quantitative estimate of drug-likeness (QED) is 0.368. The van der Waals surface area contributed by atoms with Crippen LogP contribution in [0, 0.1) is 23.3 Å². The third kappa shape index (κ3) is 2.37.